The fourth-order valence-corrected chi connectivity index (χ4v) is 3.06. The van der Waals surface area contributed by atoms with Crippen molar-refractivity contribution in [3.05, 3.63) is 58.4 Å². The lowest BCUT2D eigenvalue weighted by Crippen LogP contribution is -2.14. The molecular weight excluding hydrogens is 359 g/mol. The number of halogens is 2. The van der Waals surface area contributed by atoms with E-state index < -0.39 is 0 Å². The first-order valence-electron chi connectivity index (χ1n) is 7.87. The van der Waals surface area contributed by atoms with Crippen LogP contribution in [0.5, 0.6) is 0 Å². The van der Waals surface area contributed by atoms with Gasteiger partial charge in [0, 0.05) is 24.1 Å². The van der Waals surface area contributed by atoms with Crippen LogP contribution in [0.2, 0.25) is 5.02 Å². The van der Waals surface area contributed by atoms with E-state index in [1.54, 1.807) is 24.5 Å². The Bertz CT molecular complexity index is 778. The van der Waals surface area contributed by atoms with E-state index in [1.165, 1.54) is 23.9 Å². The molecular formula is C19H20ClFN2OS. The molecule has 0 amide bonds. The molecule has 0 N–H and O–H groups in total. The van der Waals surface area contributed by atoms with Crippen LogP contribution in [0.15, 0.2) is 46.3 Å². The average Bonchev–Trinajstić information content (AvgIpc) is 2.61. The third-order valence-electron chi connectivity index (χ3n) is 3.67. The fraction of sp³-hybridized carbons (Fsp3) is 0.263. The van der Waals surface area contributed by atoms with Gasteiger partial charge in [-0.15, -0.1) is 11.8 Å². The van der Waals surface area contributed by atoms with Crippen LogP contribution in [0.1, 0.15) is 22.8 Å². The molecule has 0 bridgehead atoms. The van der Waals surface area contributed by atoms with Crippen molar-refractivity contribution in [3.63, 3.8) is 0 Å². The van der Waals surface area contributed by atoms with E-state index in [1.807, 2.05) is 31.9 Å². The lowest BCUT2D eigenvalue weighted by Gasteiger charge is -2.10. The van der Waals surface area contributed by atoms with Gasteiger partial charge in [0.05, 0.1) is 22.8 Å². The number of carbonyl (C=O) groups is 1. The molecule has 0 heterocycles. The summed E-state index contributed by atoms with van der Waals surface area (Å²) in [7, 11) is 1.93. The normalized spacial score (nSPS) is 11.1. The van der Waals surface area contributed by atoms with Crippen molar-refractivity contribution in [3.8, 4) is 0 Å². The minimum atomic E-state index is -0.289. The molecule has 132 valence electrons. The Hall–Kier alpha value is -1.85. The Labute approximate surface area is 156 Å². The van der Waals surface area contributed by atoms with E-state index in [-0.39, 0.29) is 17.4 Å². The monoisotopic (exact) mass is 378 g/mol. The van der Waals surface area contributed by atoms with Crippen LogP contribution >= 0.6 is 23.4 Å². The first-order valence-corrected chi connectivity index (χ1v) is 9.23. The van der Waals surface area contributed by atoms with E-state index in [0.29, 0.717) is 16.3 Å². The Morgan fingerprint density at radius 1 is 1.32 bits per heavy atom. The van der Waals surface area contributed by atoms with Crippen molar-refractivity contribution < 1.29 is 9.18 Å². The second-order valence-electron chi connectivity index (χ2n) is 5.60. The highest BCUT2D eigenvalue weighted by molar-refractivity contribution is 8.00. The summed E-state index contributed by atoms with van der Waals surface area (Å²) < 4.78 is 12.9. The zero-order valence-corrected chi connectivity index (χ0v) is 16.0. The number of aliphatic imine (C=N–C) groups is 1. The summed E-state index contributed by atoms with van der Waals surface area (Å²) in [6.07, 6.45) is 1.71. The number of aryl methyl sites for hydroxylation is 1. The molecule has 0 radical (unpaired) electrons. The first kappa shape index (κ1) is 19.5. The molecule has 2 aromatic carbocycles. The Kier molecular flexibility index (Phi) is 7.02. The average molecular weight is 379 g/mol. The van der Waals surface area contributed by atoms with Crippen molar-refractivity contribution in [2.45, 2.75) is 18.7 Å². The summed E-state index contributed by atoms with van der Waals surface area (Å²) in [4.78, 5) is 19.6. The number of rotatable bonds is 7. The molecule has 25 heavy (non-hydrogen) atoms. The zero-order chi connectivity index (χ0) is 18.4. The molecule has 0 fully saturated rings. The quantitative estimate of drug-likeness (QED) is 0.281. The third kappa shape index (κ3) is 5.58. The SMILES string of the molecule is CCN(C)/C=N\c1cc(C)c(C(=O)CSc2ccc(F)cc2)cc1Cl. The predicted molar refractivity (Wildman–Crippen MR) is 104 cm³/mol. The first-order chi connectivity index (χ1) is 11.9. The van der Waals surface area contributed by atoms with Gasteiger partial charge in [0.15, 0.2) is 5.78 Å². The van der Waals surface area contributed by atoms with E-state index in [9.17, 15) is 9.18 Å². The lowest BCUT2D eigenvalue weighted by molar-refractivity contribution is 0.102. The van der Waals surface area contributed by atoms with Gasteiger partial charge in [-0.3, -0.25) is 4.79 Å². The van der Waals surface area contributed by atoms with Gasteiger partial charge in [0.1, 0.15) is 5.82 Å². The van der Waals surface area contributed by atoms with Gasteiger partial charge in [-0.2, -0.15) is 0 Å². The van der Waals surface area contributed by atoms with Gasteiger partial charge in [-0.05, 0) is 55.8 Å². The molecule has 0 aromatic heterocycles. The highest BCUT2D eigenvalue weighted by Gasteiger charge is 2.13. The highest BCUT2D eigenvalue weighted by atomic mass is 35.5. The Morgan fingerprint density at radius 3 is 2.64 bits per heavy atom. The number of nitrogens with zero attached hydrogens (tertiary/aromatic N) is 2. The van der Waals surface area contributed by atoms with Gasteiger partial charge in [-0.25, -0.2) is 9.38 Å². The molecule has 0 unspecified atom stereocenters. The Balaban J connectivity index is 2.10. The van der Waals surface area contributed by atoms with Gasteiger partial charge < -0.3 is 4.90 Å². The van der Waals surface area contributed by atoms with Gasteiger partial charge in [-0.1, -0.05) is 11.6 Å². The minimum absolute atomic E-state index is 0.0186. The summed E-state index contributed by atoms with van der Waals surface area (Å²) in [5.41, 5.74) is 2.06. The van der Waals surface area contributed by atoms with Crippen LogP contribution in [0.3, 0.4) is 0 Å². The Morgan fingerprint density at radius 2 is 2.00 bits per heavy atom. The topological polar surface area (TPSA) is 32.7 Å². The molecule has 0 aliphatic carbocycles. The van der Waals surface area contributed by atoms with E-state index in [0.717, 1.165) is 17.0 Å². The summed E-state index contributed by atoms with van der Waals surface area (Å²) in [6, 6.07) is 9.58. The summed E-state index contributed by atoms with van der Waals surface area (Å²) in [5, 5.41) is 0.446. The maximum absolute atomic E-state index is 12.9. The van der Waals surface area contributed by atoms with Crippen molar-refractivity contribution in [2.75, 3.05) is 19.3 Å². The van der Waals surface area contributed by atoms with Crippen molar-refractivity contribution in [2.24, 2.45) is 4.99 Å². The number of carbonyl (C=O) groups excluding carboxylic acids is 1. The number of thioether (sulfide) groups is 1. The molecule has 0 saturated heterocycles. The second kappa shape index (κ2) is 9.02. The third-order valence-corrected chi connectivity index (χ3v) is 4.99. The largest absolute Gasteiger partial charge is 0.366 e. The summed E-state index contributed by atoms with van der Waals surface area (Å²) in [5.74, 6) is -0.0395. The zero-order valence-electron chi connectivity index (χ0n) is 14.4. The fourth-order valence-electron chi connectivity index (χ4n) is 2.07. The predicted octanol–water partition coefficient (Wildman–Crippen LogP) is 5.37. The maximum Gasteiger partial charge on any atom is 0.173 e. The molecule has 2 aromatic rings. The highest BCUT2D eigenvalue weighted by Crippen LogP contribution is 2.29. The van der Waals surface area contributed by atoms with Crippen LogP contribution in [0, 0.1) is 12.7 Å². The van der Waals surface area contributed by atoms with Gasteiger partial charge >= 0.3 is 0 Å². The second-order valence-corrected chi connectivity index (χ2v) is 7.06. The minimum Gasteiger partial charge on any atom is -0.366 e. The summed E-state index contributed by atoms with van der Waals surface area (Å²) in [6.45, 7) is 4.74. The summed E-state index contributed by atoms with van der Waals surface area (Å²) >= 11 is 7.65. The van der Waals surface area contributed by atoms with Crippen molar-refractivity contribution >= 4 is 41.2 Å². The van der Waals surface area contributed by atoms with Crippen LogP contribution in [-0.2, 0) is 0 Å². The van der Waals surface area contributed by atoms with Crippen molar-refractivity contribution in [1.82, 2.24) is 4.90 Å². The number of Topliss-reactive ketones (excluding diaryl/α,β-unsaturated/α-hetero) is 1. The van der Waals surface area contributed by atoms with Crippen LogP contribution < -0.4 is 0 Å². The van der Waals surface area contributed by atoms with E-state index in [4.69, 9.17) is 11.6 Å². The number of ketones is 1. The molecule has 0 aliphatic heterocycles. The number of hydrogen-bond donors (Lipinski definition) is 0. The molecule has 2 rings (SSSR count). The van der Waals surface area contributed by atoms with Crippen LogP contribution in [0.25, 0.3) is 0 Å². The van der Waals surface area contributed by atoms with Crippen LogP contribution in [0.4, 0.5) is 10.1 Å². The molecule has 0 spiro atoms. The standard InChI is InChI=1S/C19H20ClFN2OS/c1-4-23(3)12-22-18-9-13(2)16(10-17(18)20)19(24)11-25-15-7-5-14(21)6-8-15/h5-10,12H,4,11H2,1-3H3/b22-12-. The lowest BCUT2D eigenvalue weighted by atomic mass is 10.0. The molecule has 3 nitrogen and oxygen atoms in total. The van der Waals surface area contributed by atoms with Gasteiger partial charge in [0.25, 0.3) is 0 Å². The molecule has 6 heteroatoms. The molecule has 0 atom stereocenters. The van der Waals surface area contributed by atoms with Crippen molar-refractivity contribution in [1.29, 1.82) is 0 Å². The maximum atomic E-state index is 12.9. The van der Waals surface area contributed by atoms with Gasteiger partial charge in [0.2, 0.25) is 0 Å². The van der Waals surface area contributed by atoms with E-state index in [2.05, 4.69) is 4.99 Å². The van der Waals surface area contributed by atoms with E-state index >= 15 is 0 Å². The molecule has 0 aliphatic rings. The molecule has 0 saturated carbocycles. The number of hydrogen-bond acceptors (Lipinski definition) is 3. The number of benzene rings is 2. The van der Waals surface area contributed by atoms with Crippen LogP contribution in [-0.4, -0.2) is 36.4 Å². The smallest absolute Gasteiger partial charge is 0.173 e.